The molecule has 7 aromatic carbocycles. The maximum absolute atomic E-state index is 6.45. The number of aromatic nitrogens is 1. The smallest absolute Gasteiger partial charge is 0.242 e. The van der Waals surface area contributed by atoms with Crippen LogP contribution in [0.5, 0.6) is 0 Å². The Hall–Kier alpha value is -6.45. The number of benzene rings is 7. The van der Waals surface area contributed by atoms with E-state index in [4.69, 9.17) is 9.40 Å². The first-order chi connectivity index (χ1) is 32.0. The van der Waals surface area contributed by atoms with Crippen LogP contribution in [0.15, 0.2) is 162 Å². The van der Waals surface area contributed by atoms with Gasteiger partial charge in [0.25, 0.3) is 0 Å². The number of para-hydroxylation sites is 2. The zero-order valence-electron chi connectivity index (χ0n) is 39.3. The standard InChI is InChI=1S/C63H58BNO/c1-39-28-41(3)59(42(4)29-39)64(60-43(5)30-40(2)31-44(60)6)52-13-9-12-49(33-52)57-18-11-17-56(65-57)48-22-26-51(27-23-48)63-36-45-32-46(37-63)35-62(34-45,38-63)50-24-20-47(21-25-50)53-15-10-16-55-54-14-7-8-19-58(54)66-61(53)55/h7-31,33,45-46H,32,34-38H2,1-6H3. The van der Waals surface area contributed by atoms with E-state index < -0.39 is 0 Å². The third-order valence-electron chi connectivity index (χ3n) is 16.4. The van der Waals surface area contributed by atoms with Gasteiger partial charge in [-0.3, -0.25) is 0 Å². The van der Waals surface area contributed by atoms with Crippen molar-refractivity contribution in [1.29, 1.82) is 0 Å². The SMILES string of the molecule is Cc1cc(C)c(B(c2cccc(-c3cccc(-c4ccc(C56CC7CC(C5)CC(c5ccc(-c8cccc9c8oc8ccccc89)cc5)(C7)C6)cc4)n3)c2)c2c(C)cc(C)cc2C)c(C)c1. The zero-order valence-corrected chi connectivity index (χ0v) is 39.3. The molecule has 2 atom stereocenters. The number of pyridine rings is 1. The zero-order chi connectivity index (χ0) is 44.9. The molecule has 2 unspecified atom stereocenters. The number of furan rings is 1. The van der Waals surface area contributed by atoms with Crippen molar-refractivity contribution in [2.75, 3.05) is 0 Å². The first-order valence-electron chi connectivity index (χ1n) is 24.4. The van der Waals surface area contributed by atoms with E-state index in [1.165, 1.54) is 127 Å². The highest BCUT2D eigenvalue weighted by atomic mass is 16.3. The Balaban J connectivity index is 0.837. The third kappa shape index (κ3) is 6.80. The predicted molar refractivity (Wildman–Crippen MR) is 278 cm³/mol. The van der Waals surface area contributed by atoms with E-state index >= 15 is 0 Å². The molecular weight excluding hydrogens is 798 g/mol. The van der Waals surface area contributed by atoms with E-state index in [9.17, 15) is 0 Å². The molecule has 4 bridgehead atoms. The first-order valence-corrected chi connectivity index (χ1v) is 24.4. The summed E-state index contributed by atoms with van der Waals surface area (Å²) < 4.78 is 6.45. The van der Waals surface area contributed by atoms with E-state index in [1.807, 2.05) is 0 Å². The Labute approximate surface area is 391 Å². The van der Waals surface area contributed by atoms with Gasteiger partial charge in [-0.1, -0.05) is 189 Å². The molecule has 0 amide bonds. The van der Waals surface area contributed by atoms with Gasteiger partial charge in [0, 0.05) is 21.9 Å². The van der Waals surface area contributed by atoms with Crippen LogP contribution in [0.1, 0.15) is 83.0 Å². The van der Waals surface area contributed by atoms with Crippen molar-refractivity contribution in [2.24, 2.45) is 11.8 Å². The Morgan fingerprint density at radius 3 is 1.61 bits per heavy atom. The Morgan fingerprint density at radius 1 is 0.485 bits per heavy atom. The van der Waals surface area contributed by atoms with Crippen molar-refractivity contribution >= 4 is 45.0 Å². The van der Waals surface area contributed by atoms with Crippen LogP contribution in [-0.2, 0) is 10.8 Å². The molecule has 324 valence electrons. The lowest BCUT2D eigenvalue weighted by Crippen LogP contribution is -2.55. The number of aryl methyl sites for hydroxylation is 6. The minimum absolute atomic E-state index is 0.119. The van der Waals surface area contributed by atoms with Gasteiger partial charge in [-0.25, -0.2) is 4.98 Å². The lowest BCUT2D eigenvalue weighted by atomic mass is 9.34. The minimum atomic E-state index is 0.119. The van der Waals surface area contributed by atoms with Crippen LogP contribution in [-0.4, -0.2) is 11.7 Å². The van der Waals surface area contributed by atoms with Crippen LogP contribution in [0.25, 0.3) is 55.6 Å². The molecule has 2 nitrogen and oxygen atoms in total. The summed E-state index contributed by atoms with van der Waals surface area (Å²) in [6.07, 6.45) is 7.88. The fourth-order valence-electron chi connectivity index (χ4n) is 14.3. The lowest BCUT2D eigenvalue weighted by molar-refractivity contribution is -0.0281. The molecule has 0 spiro atoms. The van der Waals surface area contributed by atoms with Gasteiger partial charge in [0.1, 0.15) is 11.2 Å². The Bertz CT molecular complexity index is 3240. The molecule has 4 saturated carbocycles. The summed E-state index contributed by atoms with van der Waals surface area (Å²) in [7, 11) is 0. The third-order valence-corrected chi connectivity index (χ3v) is 16.4. The normalized spacial score (nSPS) is 20.9. The highest BCUT2D eigenvalue weighted by Gasteiger charge is 2.58. The lowest BCUT2D eigenvalue weighted by Gasteiger charge is -2.63. The van der Waals surface area contributed by atoms with E-state index in [-0.39, 0.29) is 17.5 Å². The molecule has 4 fully saturated rings. The molecule has 2 heterocycles. The second kappa shape index (κ2) is 15.6. The van der Waals surface area contributed by atoms with Crippen LogP contribution in [0.3, 0.4) is 0 Å². The summed E-state index contributed by atoms with van der Waals surface area (Å²) in [6, 6.07) is 59.4. The van der Waals surface area contributed by atoms with Crippen molar-refractivity contribution in [3.05, 3.63) is 202 Å². The number of hydrogen-bond acceptors (Lipinski definition) is 2. The second-order valence-corrected chi connectivity index (χ2v) is 21.0. The summed E-state index contributed by atoms with van der Waals surface area (Å²) in [4.78, 5) is 5.38. The van der Waals surface area contributed by atoms with Gasteiger partial charge in [0.15, 0.2) is 0 Å². The fourth-order valence-corrected chi connectivity index (χ4v) is 14.3. The average molecular weight is 856 g/mol. The van der Waals surface area contributed by atoms with Crippen molar-refractivity contribution < 1.29 is 4.42 Å². The van der Waals surface area contributed by atoms with Gasteiger partial charge >= 0.3 is 0 Å². The maximum Gasteiger partial charge on any atom is 0.242 e. The van der Waals surface area contributed by atoms with Crippen molar-refractivity contribution in [3.8, 4) is 33.6 Å². The average Bonchev–Trinajstić information content (AvgIpc) is 3.69. The fraction of sp³-hybridized carbons (Fsp3) is 0.254. The molecule has 0 radical (unpaired) electrons. The Morgan fingerprint density at radius 2 is 1.00 bits per heavy atom. The van der Waals surface area contributed by atoms with Gasteiger partial charge < -0.3 is 4.42 Å². The van der Waals surface area contributed by atoms with Crippen LogP contribution in [0, 0.1) is 53.4 Å². The molecule has 4 aliphatic carbocycles. The topological polar surface area (TPSA) is 26.0 Å². The molecule has 9 aromatic rings. The highest BCUT2D eigenvalue weighted by molar-refractivity contribution is 6.96. The number of rotatable bonds is 8. The molecule has 0 N–H and O–H groups in total. The van der Waals surface area contributed by atoms with E-state index in [0.717, 1.165) is 40.0 Å². The summed E-state index contributed by atoms with van der Waals surface area (Å²) >= 11 is 0. The summed E-state index contributed by atoms with van der Waals surface area (Å²) in [5.41, 5.74) is 24.3. The van der Waals surface area contributed by atoms with Crippen LogP contribution in [0.2, 0.25) is 0 Å². The molecule has 66 heavy (non-hydrogen) atoms. The Kier molecular flexibility index (Phi) is 9.69. The molecule has 13 rings (SSSR count). The molecule has 0 saturated heterocycles. The molecule has 0 aliphatic heterocycles. The van der Waals surface area contributed by atoms with E-state index in [1.54, 1.807) is 0 Å². The van der Waals surface area contributed by atoms with Crippen molar-refractivity contribution in [1.82, 2.24) is 4.98 Å². The molecule has 2 aromatic heterocycles. The van der Waals surface area contributed by atoms with Crippen molar-refractivity contribution in [3.63, 3.8) is 0 Å². The van der Waals surface area contributed by atoms with Gasteiger partial charge in [-0.2, -0.15) is 0 Å². The van der Waals surface area contributed by atoms with Gasteiger partial charge in [0.2, 0.25) is 6.71 Å². The summed E-state index contributed by atoms with van der Waals surface area (Å²) in [5.74, 6) is 1.56. The summed E-state index contributed by atoms with van der Waals surface area (Å²) in [6.45, 7) is 13.7. The number of hydrogen-bond donors (Lipinski definition) is 0. The largest absolute Gasteiger partial charge is 0.455 e. The van der Waals surface area contributed by atoms with Crippen LogP contribution in [0.4, 0.5) is 0 Å². The molecular formula is C63H58BNO. The van der Waals surface area contributed by atoms with Gasteiger partial charge in [-0.15, -0.1) is 0 Å². The quantitative estimate of drug-likeness (QED) is 0.142. The first kappa shape index (κ1) is 41.0. The van der Waals surface area contributed by atoms with E-state index in [2.05, 4.69) is 199 Å². The minimum Gasteiger partial charge on any atom is -0.455 e. The molecule has 4 aliphatic rings. The maximum atomic E-state index is 6.45. The predicted octanol–water partition coefficient (Wildman–Crippen LogP) is 14.1. The molecule has 3 heteroatoms. The van der Waals surface area contributed by atoms with Crippen LogP contribution < -0.4 is 16.4 Å². The monoisotopic (exact) mass is 855 g/mol. The number of fused-ring (bicyclic) bond motifs is 3. The van der Waals surface area contributed by atoms with Crippen molar-refractivity contribution in [2.45, 2.75) is 90.9 Å². The van der Waals surface area contributed by atoms with Crippen LogP contribution >= 0.6 is 0 Å². The second-order valence-electron chi connectivity index (χ2n) is 21.0. The van der Waals surface area contributed by atoms with Gasteiger partial charge in [0.05, 0.1) is 11.4 Å². The number of nitrogens with zero attached hydrogens (tertiary/aromatic N) is 1. The summed E-state index contributed by atoms with van der Waals surface area (Å²) in [5, 5.41) is 2.37. The highest BCUT2D eigenvalue weighted by Crippen LogP contribution is 2.66. The van der Waals surface area contributed by atoms with E-state index in [0.29, 0.717) is 0 Å². The van der Waals surface area contributed by atoms with Gasteiger partial charge in [-0.05, 0) is 143 Å².